The second-order valence-corrected chi connectivity index (χ2v) is 14.3. The molecule has 1 aliphatic carbocycles. The molecule has 4 aromatic carbocycles. The highest BCUT2D eigenvalue weighted by atomic mass is 79.9. The SMILES string of the molecule is OC1(C#C[C@@](O)(c2ccccc2)c2ccccc2Cl)C(Br)=C(Br)C(O)(C#C[C@@](O)(c2ccccc2)c2ccccc2Cl)C(Br)=C1Br. The first-order valence-corrected chi connectivity index (χ1v) is 17.4. The number of hydrogen-bond acceptors (Lipinski definition) is 4. The van der Waals surface area contributed by atoms with Gasteiger partial charge in [0, 0.05) is 32.3 Å². The molecule has 10 heteroatoms. The maximum Gasteiger partial charge on any atom is 0.191 e. The van der Waals surface area contributed by atoms with Crippen molar-refractivity contribution in [3.8, 4) is 23.7 Å². The van der Waals surface area contributed by atoms with Crippen LogP contribution in [0.15, 0.2) is 127 Å². The van der Waals surface area contributed by atoms with Crippen molar-refractivity contribution < 1.29 is 20.4 Å². The van der Waals surface area contributed by atoms with E-state index in [2.05, 4.69) is 87.4 Å². The minimum absolute atomic E-state index is 0.00469. The third-order valence-electron chi connectivity index (χ3n) is 7.42. The Morgan fingerprint density at radius 2 is 0.761 bits per heavy atom. The Hall–Kier alpha value is -2.18. The molecule has 0 aliphatic heterocycles. The summed E-state index contributed by atoms with van der Waals surface area (Å²) in [6.07, 6.45) is 0. The highest BCUT2D eigenvalue weighted by Gasteiger charge is 2.50. The number of hydrogen-bond donors (Lipinski definition) is 4. The molecular weight excluding hydrogens is 887 g/mol. The van der Waals surface area contributed by atoms with E-state index in [4.69, 9.17) is 23.2 Å². The normalized spacial score (nSPS) is 22.1. The smallest absolute Gasteiger partial charge is 0.191 e. The summed E-state index contributed by atoms with van der Waals surface area (Å²) in [4.78, 5) is 0. The van der Waals surface area contributed by atoms with Gasteiger partial charge in [0.2, 0.25) is 0 Å². The van der Waals surface area contributed by atoms with Crippen molar-refractivity contribution >= 4 is 86.9 Å². The summed E-state index contributed by atoms with van der Waals surface area (Å²) < 4.78 is -0.0187. The summed E-state index contributed by atoms with van der Waals surface area (Å²) in [7, 11) is 0. The second-order valence-electron chi connectivity index (χ2n) is 10.3. The largest absolute Gasteiger partial charge is 0.369 e. The van der Waals surface area contributed by atoms with E-state index in [1.165, 1.54) is 0 Å². The lowest BCUT2D eigenvalue weighted by Gasteiger charge is -2.36. The Labute approximate surface area is 310 Å². The maximum atomic E-state index is 12.0. The summed E-state index contributed by atoms with van der Waals surface area (Å²) in [5.74, 6) is 11.3. The summed E-state index contributed by atoms with van der Waals surface area (Å²) in [5.41, 5.74) is -6.61. The van der Waals surface area contributed by atoms with Crippen molar-refractivity contribution in [3.63, 3.8) is 0 Å². The maximum absolute atomic E-state index is 12.0. The highest BCUT2D eigenvalue weighted by molar-refractivity contribution is 9.15. The predicted octanol–water partition coefficient (Wildman–Crippen LogP) is 8.65. The van der Waals surface area contributed by atoms with Gasteiger partial charge in [-0.05, 0) is 75.9 Å². The van der Waals surface area contributed by atoms with Crippen molar-refractivity contribution in [2.75, 3.05) is 0 Å². The van der Waals surface area contributed by atoms with Gasteiger partial charge < -0.3 is 20.4 Å². The molecule has 0 unspecified atom stereocenters. The van der Waals surface area contributed by atoms with Crippen LogP contribution >= 0.6 is 86.9 Å². The Morgan fingerprint density at radius 1 is 0.478 bits per heavy atom. The van der Waals surface area contributed by atoms with Gasteiger partial charge in [-0.15, -0.1) is 0 Å². The van der Waals surface area contributed by atoms with Gasteiger partial charge >= 0.3 is 0 Å². The molecule has 0 fully saturated rings. The van der Waals surface area contributed by atoms with E-state index < -0.39 is 22.4 Å². The van der Waals surface area contributed by atoms with Crippen molar-refractivity contribution in [1.29, 1.82) is 0 Å². The van der Waals surface area contributed by atoms with E-state index in [0.717, 1.165) is 0 Å². The topological polar surface area (TPSA) is 80.9 Å². The Morgan fingerprint density at radius 3 is 1.07 bits per heavy atom. The van der Waals surface area contributed by atoms with Gasteiger partial charge in [0.05, 0.1) is 17.9 Å². The van der Waals surface area contributed by atoms with Crippen LogP contribution in [-0.4, -0.2) is 31.6 Å². The average molecular weight is 909 g/mol. The third-order valence-corrected chi connectivity index (χ3v) is 13.0. The van der Waals surface area contributed by atoms with Crippen molar-refractivity contribution in [3.05, 3.63) is 159 Å². The number of benzene rings is 4. The van der Waals surface area contributed by atoms with E-state index in [1.807, 2.05) is 0 Å². The quantitative estimate of drug-likeness (QED) is 0.155. The molecule has 0 heterocycles. The standard InChI is InChI=1S/C36H22Br4Cl2O4/c37-29-31(39)36(46,22-20-34(44,24-13-5-2-6-14-24)26-16-8-10-18-28(26)42)32(40)30(38)35(29,45)21-19-33(43,23-11-3-1-4-12-23)25-15-7-9-17-27(25)41/h1-18,43-46H/t33-,34-,35?,36?/m1/s1. The minimum atomic E-state index is -2.12. The molecule has 4 nitrogen and oxygen atoms in total. The van der Waals surface area contributed by atoms with Crippen LogP contribution < -0.4 is 0 Å². The summed E-state index contributed by atoms with van der Waals surface area (Å²) in [5, 5.41) is 48.7. The number of halogens is 6. The zero-order chi connectivity index (χ0) is 33.3. The highest BCUT2D eigenvalue weighted by Crippen LogP contribution is 2.52. The Balaban J connectivity index is 1.67. The molecular formula is C36H22Br4Cl2O4. The van der Waals surface area contributed by atoms with E-state index >= 15 is 0 Å². The van der Waals surface area contributed by atoms with Crippen LogP contribution in [0.1, 0.15) is 22.3 Å². The molecule has 0 saturated heterocycles. The first-order chi connectivity index (χ1) is 21.8. The van der Waals surface area contributed by atoms with Crippen LogP contribution in [-0.2, 0) is 11.2 Å². The van der Waals surface area contributed by atoms with Gasteiger partial charge in [-0.1, -0.05) is 144 Å². The third kappa shape index (κ3) is 6.22. The lowest BCUT2D eigenvalue weighted by Crippen LogP contribution is -2.42. The molecule has 2 atom stereocenters. The fourth-order valence-electron chi connectivity index (χ4n) is 4.87. The van der Waals surface area contributed by atoms with Crippen LogP contribution in [0.4, 0.5) is 0 Å². The number of aliphatic hydroxyl groups is 4. The van der Waals surface area contributed by atoms with Crippen LogP contribution in [0.3, 0.4) is 0 Å². The van der Waals surface area contributed by atoms with E-state index in [9.17, 15) is 20.4 Å². The molecule has 232 valence electrons. The lowest BCUT2D eigenvalue weighted by atomic mass is 9.83. The predicted molar refractivity (Wildman–Crippen MR) is 197 cm³/mol. The molecule has 0 saturated carbocycles. The lowest BCUT2D eigenvalue weighted by molar-refractivity contribution is 0.139. The molecule has 0 amide bonds. The van der Waals surface area contributed by atoms with Crippen LogP contribution in [0, 0.1) is 23.7 Å². The number of rotatable bonds is 4. The minimum Gasteiger partial charge on any atom is -0.369 e. The van der Waals surface area contributed by atoms with Gasteiger partial charge in [0.15, 0.2) is 22.4 Å². The zero-order valence-electron chi connectivity index (χ0n) is 23.4. The first-order valence-electron chi connectivity index (χ1n) is 13.5. The van der Waals surface area contributed by atoms with Crippen molar-refractivity contribution in [2.45, 2.75) is 22.4 Å². The molecule has 0 spiro atoms. The van der Waals surface area contributed by atoms with Gasteiger partial charge in [-0.2, -0.15) is 0 Å². The van der Waals surface area contributed by atoms with Gasteiger partial charge in [-0.25, -0.2) is 0 Å². The van der Waals surface area contributed by atoms with Crippen LogP contribution in [0.25, 0.3) is 0 Å². The second kappa shape index (κ2) is 13.7. The van der Waals surface area contributed by atoms with E-state index in [-0.39, 0.29) is 28.0 Å². The van der Waals surface area contributed by atoms with Gasteiger partial charge in [-0.3, -0.25) is 0 Å². The van der Waals surface area contributed by atoms with Gasteiger partial charge in [0.1, 0.15) is 0 Å². The molecule has 4 aromatic rings. The van der Waals surface area contributed by atoms with Gasteiger partial charge in [0.25, 0.3) is 0 Å². The summed E-state index contributed by atoms with van der Waals surface area (Å²) >= 11 is 26.7. The van der Waals surface area contributed by atoms with E-state index in [0.29, 0.717) is 22.3 Å². The molecule has 46 heavy (non-hydrogen) atoms. The Bertz CT molecular complexity index is 1830. The Kier molecular flexibility index (Phi) is 10.5. The monoisotopic (exact) mass is 904 g/mol. The first kappa shape index (κ1) is 35.1. The van der Waals surface area contributed by atoms with Crippen LogP contribution in [0.2, 0.25) is 10.0 Å². The zero-order valence-corrected chi connectivity index (χ0v) is 31.3. The molecule has 0 bridgehead atoms. The summed E-state index contributed by atoms with van der Waals surface area (Å²) in [6.45, 7) is 0. The van der Waals surface area contributed by atoms with Crippen LogP contribution in [0.5, 0.6) is 0 Å². The van der Waals surface area contributed by atoms with Crippen molar-refractivity contribution in [1.82, 2.24) is 0 Å². The molecule has 1 aliphatic rings. The fraction of sp³-hybridized carbons (Fsp3) is 0.111. The fourth-order valence-corrected chi connectivity index (χ4v) is 8.28. The molecule has 4 N–H and O–H groups in total. The molecule has 5 rings (SSSR count). The molecule has 0 radical (unpaired) electrons. The summed E-state index contributed by atoms with van der Waals surface area (Å²) in [6, 6.07) is 30.9. The average Bonchev–Trinajstić information content (AvgIpc) is 3.08. The van der Waals surface area contributed by atoms with Crippen molar-refractivity contribution in [2.24, 2.45) is 0 Å². The van der Waals surface area contributed by atoms with E-state index in [1.54, 1.807) is 109 Å². The molecule has 0 aromatic heterocycles.